The highest BCUT2D eigenvalue weighted by atomic mass is 35.5. The normalized spacial score (nSPS) is 14.1. The Bertz CT molecular complexity index is 912. The summed E-state index contributed by atoms with van der Waals surface area (Å²) in [6, 6.07) is 10.2. The van der Waals surface area contributed by atoms with Gasteiger partial charge in [0, 0.05) is 44.4 Å². The maximum atomic E-state index is 12.7. The highest BCUT2D eigenvalue weighted by molar-refractivity contribution is 6.34. The van der Waals surface area contributed by atoms with Crippen LogP contribution in [0.3, 0.4) is 0 Å². The highest BCUT2D eigenvalue weighted by Gasteiger charge is 2.27. The van der Waals surface area contributed by atoms with Crippen LogP contribution in [-0.2, 0) is 0 Å². The van der Waals surface area contributed by atoms with Gasteiger partial charge in [-0.1, -0.05) is 23.7 Å². The van der Waals surface area contributed by atoms with E-state index in [9.17, 15) is 25.0 Å². The summed E-state index contributed by atoms with van der Waals surface area (Å²) in [5, 5.41) is 22.0. The molecule has 0 spiro atoms. The molecule has 1 saturated heterocycles. The number of piperazine rings is 1. The second kappa shape index (κ2) is 7.58. The Morgan fingerprint density at radius 1 is 0.963 bits per heavy atom. The molecule has 2 aromatic carbocycles. The van der Waals surface area contributed by atoms with E-state index in [0.717, 1.165) is 6.07 Å². The van der Waals surface area contributed by atoms with Gasteiger partial charge in [-0.05, 0) is 12.1 Å². The molecule has 27 heavy (non-hydrogen) atoms. The van der Waals surface area contributed by atoms with Gasteiger partial charge in [0.25, 0.3) is 17.3 Å². The van der Waals surface area contributed by atoms with Gasteiger partial charge >= 0.3 is 0 Å². The Morgan fingerprint density at radius 2 is 1.63 bits per heavy atom. The van der Waals surface area contributed by atoms with Gasteiger partial charge in [-0.15, -0.1) is 0 Å². The zero-order valence-corrected chi connectivity index (χ0v) is 14.8. The van der Waals surface area contributed by atoms with Crippen LogP contribution in [0.25, 0.3) is 0 Å². The molecule has 140 valence electrons. The number of nitro groups is 2. The third kappa shape index (κ3) is 3.82. The third-order valence-corrected chi connectivity index (χ3v) is 4.69. The maximum absolute atomic E-state index is 12.7. The average molecular weight is 391 g/mol. The van der Waals surface area contributed by atoms with E-state index in [1.807, 2.05) is 4.90 Å². The number of amides is 1. The van der Waals surface area contributed by atoms with Crippen molar-refractivity contribution in [3.63, 3.8) is 0 Å². The van der Waals surface area contributed by atoms with Crippen LogP contribution in [0.15, 0.2) is 42.5 Å². The Balaban J connectivity index is 1.72. The maximum Gasteiger partial charge on any atom is 0.292 e. The molecule has 9 nitrogen and oxygen atoms in total. The lowest BCUT2D eigenvalue weighted by atomic mass is 10.1. The fourth-order valence-corrected chi connectivity index (χ4v) is 3.25. The highest BCUT2D eigenvalue weighted by Crippen LogP contribution is 2.29. The molecule has 0 aliphatic carbocycles. The number of anilines is 1. The number of rotatable bonds is 4. The number of hydrogen-bond donors (Lipinski definition) is 0. The second-order valence-electron chi connectivity index (χ2n) is 5.95. The molecule has 1 fully saturated rings. The largest absolute Gasteiger partial charge is 0.362 e. The number of para-hydroxylation sites is 2. The first-order chi connectivity index (χ1) is 12.9. The number of halogens is 1. The van der Waals surface area contributed by atoms with Crippen LogP contribution in [0, 0.1) is 20.2 Å². The molecular formula is C17H15ClN4O5. The molecule has 1 amide bonds. The first-order valence-electron chi connectivity index (χ1n) is 8.10. The van der Waals surface area contributed by atoms with Gasteiger partial charge in [0.2, 0.25) is 0 Å². The molecule has 0 unspecified atom stereocenters. The van der Waals surface area contributed by atoms with Crippen LogP contribution in [-0.4, -0.2) is 46.8 Å². The molecule has 10 heteroatoms. The van der Waals surface area contributed by atoms with E-state index in [2.05, 4.69) is 0 Å². The monoisotopic (exact) mass is 390 g/mol. The van der Waals surface area contributed by atoms with Crippen molar-refractivity contribution in [2.75, 3.05) is 31.1 Å². The number of carbonyl (C=O) groups is 1. The van der Waals surface area contributed by atoms with E-state index in [0.29, 0.717) is 31.9 Å². The summed E-state index contributed by atoms with van der Waals surface area (Å²) in [6.07, 6.45) is 0. The SMILES string of the molecule is O=C(c1ccc([N+](=O)[O-])cc1Cl)N1CCN(c2ccccc2[N+](=O)[O-])CC1. The van der Waals surface area contributed by atoms with Crippen molar-refractivity contribution in [2.45, 2.75) is 0 Å². The molecule has 2 aromatic rings. The molecule has 3 rings (SSSR count). The predicted molar refractivity (Wildman–Crippen MR) is 99.3 cm³/mol. The van der Waals surface area contributed by atoms with E-state index < -0.39 is 9.85 Å². The van der Waals surface area contributed by atoms with Crippen molar-refractivity contribution in [1.82, 2.24) is 4.90 Å². The minimum atomic E-state index is -0.578. The molecule has 1 heterocycles. The van der Waals surface area contributed by atoms with Gasteiger partial charge in [-0.25, -0.2) is 0 Å². The lowest BCUT2D eigenvalue weighted by Gasteiger charge is -2.35. The topological polar surface area (TPSA) is 110 Å². The van der Waals surface area contributed by atoms with E-state index in [1.54, 1.807) is 23.1 Å². The van der Waals surface area contributed by atoms with Crippen LogP contribution in [0.5, 0.6) is 0 Å². The van der Waals surface area contributed by atoms with Crippen LogP contribution in [0.4, 0.5) is 17.1 Å². The van der Waals surface area contributed by atoms with Crippen molar-refractivity contribution < 1.29 is 14.6 Å². The van der Waals surface area contributed by atoms with Crippen molar-refractivity contribution in [2.24, 2.45) is 0 Å². The van der Waals surface area contributed by atoms with Crippen LogP contribution in [0.1, 0.15) is 10.4 Å². The third-order valence-electron chi connectivity index (χ3n) is 4.38. The van der Waals surface area contributed by atoms with E-state index in [1.165, 1.54) is 18.2 Å². The van der Waals surface area contributed by atoms with Crippen molar-refractivity contribution in [3.05, 3.63) is 73.3 Å². The Kier molecular flexibility index (Phi) is 5.22. The van der Waals surface area contributed by atoms with Crippen LogP contribution < -0.4 is 4.90 Å². The fraction of sp³-hybridized carbons (Fsp3) is 0.235. The Hall–Kier alpha value is -3.20. The first-order valence-corrected chi connectivity index (χ1v) is 8.48. The van der Waals surface area contributed by atoms with Gasteiger partial charge in [-0.3, -0.25) is 25.0 Å². The van der Waals surface area contributed by atoms with E-state index in [-0.39, 0.29) is 27.9 Å². The zero-order valence-electron chi connectivity index (χ0n) is 14.1. The molecule has 1 aliphatic heterocycles. The van der Waals surface area contributed by atoms with Crippen molar-refractivity contribution in [3.8, 4) is 0 Å². The minimum Gasteiger partial charge on any atom is -0.362 e. The summed E-state index contributed by atoms with van der Waals surface area (Å²) in [5.41, 5.74) is 0.554. The van der Waals surface area contributed by atoms with Gasteiger partial charge in [0.05, 0.1) is 20.4 Å². The summed E-state index contributed by atoms with van der Waals surface area (Å²) in [4.78, 5) is 37.1. The standard InChI is InChI=1S/C17H15ClN4O5/c18-14-11-12(21(24)25)5-6-13(14)17(23)20-9-7-19(8-10-20)15-3-1-2-4-16(15)22(26)27/h1-6,11H,7-10H2. The quantitative estimate of drug-likeness (QED) is 0.586. The first kappa shape index (κ1) is 18.6. The molecule has 0 bridgehead atoms. The van der Waals surface area contributed by atoms with E-state index >= 15 is 0 Å². The van der Waals surface area contributed by atoms with Gasteiger partial charge < -0.3 is 9.80 Å². The molecular weight excluding hydrogens is 376 g/mol. The minimum absolute atomic E-state index is 0.0235. The number of nitro benzene ring substituents is 2. The van der Waals surface area contributed by atoms with Gasteiger partial charge in [0.1, 0.15) is 5.69 Å². The number of nitrogens with zero attached hydrogens (tertiary/aromatic N) is 4. The average Bonchev–Trinajstić information content (AvgIpc) is 2.67. The number of non-ortho nitro benzene ring substituents is 1. The van der Waals surface area contributed by atoms with Crippen molar-refractivity contribution >= 4 is 34.6 Å². The summed E-state index contributed by atoms with van der Waals surface area (Å²) in [7, 11) is 0. The summed E-state index contributed by atoms with van der Waals surface area (Å²) in [5.74, 6) is -0.322. The van der Waals surface area contributed by atoms with Gasteiger partial charge in [-0.2, -0.15) is 0 Å². The number of carbonyl (C=O) groups excluding carboxylic acids is 1. The molecule has 0 N–H and O–H groups in total. The second-order valence-corrected chi connectivity index (χ2v) is 6.35. The summed E-state index contributed by atoms with van der Waals surface area (Å²) < 4.78 is 0. The number of benzene rings is 2. The fourth-order valence-electron chi connectivity index (χ4n) is 3.00. The van der Waals surface area contributed by atoms with Crippen LogP contribution >= 0.6 is 11.6 Å². The Morgan fingerprint density at radius 3 is 2.22 bits per heavy atom. The molecule has 0 aromatic heterocycles. The smallest absolute Gasteiger partial charge is 0.292 e. The van der Waals surface area contributed by atoms with Gasteiger partial charge in [0.15, 0.2) is 0 Å². The zero-order chi connectivity index (χ0) is 19.6. The molecule has 0 atom stereocenters. The van der Waals surface area contributed by atoms with Crippen LogP contribution in [0.2, 0.25) is 5.02 Å². The molecule has 0 saturated carbocycles. The predicted octanol–water partition coefficient (Wildman–Crippen LogP) is 3.12. The summed E-state index contributed by atoms with van der Waals surface area (Å²) in [6.45, 7) is 1.58. The van der Waals surface area contributed by atoms with Crippen molar-refractivity contribution in [1.29, 1.82) is 0 Å². The lowest BCUT2D eigenvalue weighted by Crippen LogP contribution is -2.49. The van der Waals surface area contributed by atoms with E-state index in [4.69, 9.17) is 11.6 Å². The molecule has 1 aliphatic rings. The summed E-state index contributed by atoms with van der Waals surface area (Å²) >= 11 is 6.03. The lowest BCUT2D eigenvalue weighted by molar-refractivity contribution is -0.384. The molecule has 0 radical (unpaired) electrons. The Labute approximate surface area is 159 Å². The number of hydrogen-bond acceptors (Lipinski definition) is 6.